The van der Waals surface area contributed by atoms with E-state index in [0.717, 1.165) is 75.9 Å². The van der Waals surface area contributed by atoms with Gasteiger partial charge in [0, 0.05) is 64.0 Å². The van der Waals surface area contributed by atoms with Crippen LogP contribution in [0.2, 0.25) is 0 Å². The molecule has 0 spiro atoms. The Hall–Kier alpha value is -3.67. The minimum Gasteiger partial charge on any atom is -0.486 e. The summed E-state index contributed by atoms with van der Waals surface area (Å²) in [6.45, 7) is 6.11. The molecule has 2 aliphatic heterocycles. The molecule has 3 aromatic rings. The van der Waals surface area contributed by atoms with Crippen LogP contribution in [0.15, 0.2) is 47.3 Å². The summed E-state index contributed by atoms with van der Waals surface area (Å²) in [7, 11) is 0. The third-order valence-corrected chi connectivity index (χ3v) is 8.07. The zero-order valence-corrected chi connectivity index (χ0v) is 23.3. The summed E-state index contributed by atoms with van der Waals surface area (Å²) in [6.07, 6.45) is 6.73. The minimum absolute atomic E-state index is 0.188. The number of benzene rings is 1. The van der Waals surface area contributed by atoms with E-state index in [0.29, 0.717) is 30.5 Å². The first-order valence-corrected chi connectivity index (χ1v) is 14.6. The fourth-order valence-electron chi connectivity index (χ4n) is 5.52. The third-order valence-electron chi connectivity index (χ3n) is 8.07. The van der Waals surface area contributed by atoms with Gasteiger partial charge in [-0.2, -0.15) is 0 Å². The lowest BCUT2D eigenvalue weighted by Crippen LogP contribution is -2.44. The minimum atomic E-state index is -0.674. The number of nitrogens with one attached hydrogen (secondary N) is 3. The summed E-state index contributed by atoms with van der Waals surface area (Å²) < 4.78 is 11.1. The van der Waals surface area contributed by atoms with Crippen molar-refractivity contribution in [2.24, 2.45) is 0 Å². The normalized spacial score (nSPS) is 18.3. The highest BCUT2D eigenvalue weighted by Gasteiger charge is 2.23. The molecule has 11 nitrogen and oxygen atoms in total. The van der Waals surface area contributed by atoms with E-state index in [4.69, 9.17) is 14.1 Å². The number of ether oxygens (including phenoxy) is 1. The maximum atomic E-state index is 13.2. The topological polar surface area (TPSA) is 128 Å². The highest BCUT2D eigenvalue weighted by molar-refractivity contribution is 5.95. The van der Waals surface area contributed by atoms with Gasteiger partial charge in [0.15, 0.2) is 12.2 Å². The Kier molecular flexibility index (Phi) is 8.64. The van der Waals surface area contributed by atoms with Crippen LogP contribution in [0.1, 0.15) is 46.5 Å². The SMILES string of the molecule is O=C(NCC(O)CN1CCc2cc(OCc3cnco3)ccc2C1)c1cc(NC2CCC2)nc(N2CCNCC2)c1. The van der Waals surface area contributed by atoms with Crippen LogP contribution in [-0.2, 0) is 19.6 Å². The van der Waals surface area contributed by atoms with E-state index in [2.05, 4.69) is 42.9 Å². The molecule has 1 aliphatic carbocycles. The Morgan fingerprint density at radius 2 is 2.05 bits per heavy atom. The van der Waals surface area contributed by atoms with Gasteiger partial charge in [-0.25, -0.2) is 9.97 Å². The van der Waals surface area contributed by atoms with Crippen LogP contribution in [0.4, 0.5) is 11.6 Å². The molecule has 11 heteroatoms. The number of carbonyl (C=O) groups excluding carboxylic acids is 1. The number of hydrogen-bond acceptors (Lipinski definition) is 10. The largest absolute Gasteiger partial charge is 0.486 e. The number of hydrogen-bond donors (Lipinski definition) is 4. The quantitative estimate of drug-likeness (QED) is 0.277. The van der Waals surface area contributed by atoms with Crippen LogP contribution in [0.25, 0.3) is 0 Å². The molecule has 3 aliphatic rings. The number of rotatable bonds is 11. The zero-order chi connectivity index (χ0) is 28.0. The molecule has 218 valence electrons. The lowest BCUT2D eigenvalue weighted by molar-refractivity contribution is 0.0841. The molecule has 0 bridgehead atoms. The number of aliphatic hydroxyl groups is 1. The maximum absolute atomic E-state index is 13.2. The summed E-state index contributed by atoms with van der Waals surface area (Å²) >= 11 is 0. The van der Waals surface area contributed by atoms with Crippen molar-refractivity contribution in [1.82, 2.24) is 25.5 Å². The number of carbonyl (C=O) groups is 1. The molecule has 6 rings (SSSR count). The van der Waals surface area contributed by atoms with Crippen molar-refractivity contribution in [2.75, 3.05) is 56.0 Å². The third kappa shape index (κ3) is 7.16. The van der Waals surface area contributed by atoms with E-state index in [1.54, 1.807) is 6.20 Å². The van der Waals surface area contributed by atoms with E-state index in [1.165, 1.54) is 23.9 Å². The second kappa shape index (κ2) is 12.9. The number of oxazole rings is 1. The predicted molar refractivity (Wildman–Crippen MR) is 155 cm³/mol. The van der Waals surface area contributed by atoms with Crippen LogP contribution in [0.3, 0.4) is 0 Å². The molecule has 41 heavy (non-hydrogen) atoms. The Morgan fingerprint density at radius 1 is 1.17 bits per heavy atom. The molecule has 4 heterocycles. The molecule has 1 aromatic carbocycles. The zero-order valence-electron chi connectivity index (χ0n) is 23.3. The highest BCUT2D eigenvalue weighted by atomic mass is 16.5. The van der Waals surface area contributed by atoms with E-state index in [-0.39, 0.29) is 12.5 Å². The standard InChI is InChI=1S/C30H39N7O4/c38-25(18-36-9-6-21-12-26(5-4-22(21)17-36)40-19-27-16-32-20-41-27)15-33-30(39)23-13-28(34-24-2-1-3-24)35-29(14-23)37-10-7-31-8-11-37/h4-5,12-14,16,20,24-25,31,38H,1-3,6-11,15,17-19H2,(H,33,39)(H,34,35). The van der Waals surface area contributed by atoms with Crippen molar-refractivity contribution in [3.63, 3.8) is 0 Å². The van der Waals surface area contributed by atoms with Crippen LogP contribution in [-0.4, -0.2) is 83.8 Å². The molecular formula is C30H39N7O4. The molecule has 1 saturated carbocycles. The number of aliphatic hydroxyl groups excluding tert-OH is 1. The molecule has 1 atom stereocenters. The fraction of sp³-hybridized carbons (Fsp3) is 0.500. The van der Waals surface area contributed by atoms with Crippen LogP contribution in [0.5, 0.6) is 5.75 Å². The fourth-order valence-corrected chi connectivity index (χ4v) is 5.52. The molecule has 2 aromatic heterocycles. The Labute approximate surface area is 240 Å². The van der Waals surface area contributed by atoms with Gasteiger partial charge in [-0.05, 0) is 61.1 Å². The number of aromatic nitrogens is 2. The number of piperazine rings is 1. The Balaban J connectivity index is 1.01. The van der Waals surface area contributed by atoms with Gasteiger partial charge in [-0.3, -0.25) is 9.69 Å². The average Bonchev–Trinajstić information content (AvgIpc) is 3.51. The maximum Gasteiger partial charge on any atom is 0.251 e. The monoisotopic (exact) mass is 561 g/mol. The van der Waals surface area contributed by atoms with Gasteiger partial charge in [0.25, 0.3) is 5.91 Å². The van der Waals surface area contributed by atoms with Crippen molar-refractivity contribution in [3.05, 3.63) is 65.4 Å². The summed E-state index contributed by atoms with van der Waals surface area (Å²) in [4.78, 5) is 26.3. The predicted octanol–water partition coefficient (Wildman–Crippen LogP) is 2.17. The van der Waals surface area contributed by atoms with Crippen molar-refractivity contribution in [1.29, 1.82) is 0 Å². The van der Waals surface area contributed by atoms with Gasteiger partial charge in [-0.1, -0.05) is 6.07 Å². The molecule has 4 N–H and O–H groups in total. The van der Waals surface area contributed by atoms with Gasteiger partial charge in [0.1, 0.15) is 24.0 Å². The van der Waals surface area contributed by atoms with E-state index < -0.39 is 6.10 Å². The smallest absolute Gasteiger partial charge is 0.251 e. The lowest BCUT2D eigenvalue weighted by Gasteiger charge is -2.31. The molecule has 1 saturated heterocycles. The summed E-state index contributed by atoms with van der Waals surface area (Å²) in [5, 5.41) is 20.6. The summed E-state index contributed by atoms with van der Waals surface area (Å²) in [5.74, 6) is 2.86. The first kappa shape index (κ1) is 27.5. The van der Waals surface area contributed by atoms with Crippen LogP contribution < -0.4 is 25.6 Å². The van der Waals surface area contributed by atoms with Gasteiger partial charge < -0.3 is 35.1 Å². The van der Waals surface area contributed by atoms with E-state index in [1.807, 2.05) is 18.2 Å². The van der Waals surface area contributed by atoms with Crippen molar-refractivity contribution < 1.29 is 19.1 Å². The molecule has 1 amide bonds. The van der Waals surface area contributed by atoms with Crippen LogP contribution >= 0.6 is 0 Å². The summed E-state index contributed by atoms with van der Waals surface area (Å²) in [5.41, 5.74) is 3.04. The highest BCUT2D eigenvalue weighted by Crippen LogP contribution is 2.26. The first-order chi connectivity index (χ1) is 20.1. The summed E-state index contributed by atoms with van der Waals surface area (Å²) in [6, 6.07) is 10.2. The second-order valence-electron chi connectivity index (χ2n) is 11.1. The van der Waals surface area contributed by atoms with Crippen molar-refractivity contribution in [3.8, 4) is 5.75 Å². The number of fused-ring (bicyclic) bond motifs is 1. The van der Waals surface area contributed by atoms with Gasteiger partial charge >= 0.3 is 0 Å². The van der Waals surface area contributed by atoms with E-state index in [9.17, 15) is 9.90 Å². The number of pyridine rings is 1. The molecule has 0 radical (unpaired) electrons. The van der Waals surface area contributed by atoms with Crippen molar-refractivity contribution in [2.45, 2.75) is 51.0 Å². The number of amides is 1. The Bertz CT molecular complexity index is 1310. The number of β-amino-alcohol motifs (C(OH)–C–C–N with tert-alkyl or cyclic N) is 1. The Morgan fingerprint density at radius 3 is 2.83 bits per heavy atom. The van der Waals surface area contributed by atoms with Crippen molar-refractivity contribution >= 4 is 17.5 Å². The van der Waals surface area contributed by atoms with Crippen LogP contribution in [0, 0.1) is 0 Å². The first-order valence-electron chi connectivity index (χ1n) is 14.6. The average molecular weight is 562 g/mol. The number of anilines is 2. The molecule has 1 unspecified atom stereocenters. The number of nitrogens with zero attached hydrogens (tertiary/aromatic N) is 4. The molecule has 2 fully saturated rings. The van der Waals surface area contributed by atoms with Gasteiger partial charge in [-0.15, -0.1) is 0 Å². The van der Waals surface area contributed by atoms with Gasteiger partial charge in [0.05, 0.1) is 12.3 Å². The van der Waals surface area contributed by atoms with Gasteiger partial charge in [0.2, 0.25) is 0 Å². The lowest BCUT2D eigenvalue weighted by atomic mass is 9.93. The second-order valence-corrected chi connectivity index (χ2v) is 11.1. The van der Waals surface area contributed by atoms with E-state index >= 15 is 0 Å². The molecular weight excluding hydrogens is 522 g/mol.